The molecule has 0 radical (unpaired) electrons. The van der Waals surface area contributed by atoms with Gasteiger partial charge in [0, 0.05) is 37.7 Å². The van der Waals surface area contributed by atoms with Gasteiger partial charge >= 0.3 is 0 Å². The Morgan fingerprint density at radius 1 is 0.897 bits per heavy atom. The van der Waals surface area contributed by atoms with Gasteiger partial charge in [-0.25, -0.2) is 0 Å². The third-order valence-corrected chi connectivity index (χ3v) is 6.37. The molecule has 152 valence electrons. The van der Waals surface area contributed by atoms with Crippen molar-refractivity contribution in [1.82, 2.24) is 9.80 Å². The van der Waals surface area contributed by atoms with Crippen LogP contribution in [0, 0.1) is 5.92 Å². The van der Waals surface area contributed by atoms with Gasteiger partial charge in [-0.1, -0.05) is 50.2 Å². The lowest BCUT2D eigenvalue weighted by atomic mass is 9.91. The summed E-state index contributed by atoms with van der Waals surface area (Å²) in [7, 11) is 0. The minimum atomic E-state index is 0.0321. The standard InChI is InChI=1S/C25H30N2O2/c1-18(2)22-9-8-19-10-15-27(17-23(19)16-22)25(29)21-11-13-26(14-12-21)24(28)20-6-4-3-5-7-20/h3-9,16,18,21H,10-15,17H2,1-2H3. The van der Waals surface area contributed by atoms with Crippen LogP contribution in [0.15, 0.2) is 48.5 Å². The number of piperidine rings is 1. The summed E-state index contributed by atoms with van der Waals surface area (Å²) < 4.78 is 0. The van der Waals surface area contributed by atoms with Crippen LogP contribution in [0.3, 0.4) is 0 Å². The minimum absolute atomic E-state index is 0.0321. The highest BCUT2D eigenvalue weighted by Crippen LogP contribution is 2.27. The highest BCUT2D eigenvalue weighted by atomic mass is 16.2. The van der Waals surface area contributed by atoms with E-state index in [2.05, 4.69) is 32.0 Å². The van der Waals surface area contributed by atoms with Crippen molar-refractivity contribution in [3.8, 4) is 0 Å². The van der Waals surface area contributed by atoms with Crippen molar-refractivity contribution in [2.75, 3.05) is 19.6 Å². The molecule has 2 heterocycles. The maximum absolute atomic E-state index is 13.2. The number of fused-ring (bicyclic) bond motifs is 1. The highest BCUT2D eigenvalue weighted by molar-refractivity contribution is 5.94. The maximum atomic E-state index is 13.2. The number of hydrogen-bond acceptors (Lipinski definition) is 2. The van der Waals surface area contributed by atoms with Crippen LogP contribution in [0.1, 0.15) is 59.7 Å². The molecule has 1 saturated heterocycles. The molecule has 0 unspecified atom stereocenters. The second kappa shape index (κ2) is 8.40. The van der Waals surface area contributed by atoms with Gasteiger partial charge in [0.15, 0.2) is 0 Å². The summed E-state index contributed by atoms with van der Waals surface area (Å²) in [6.45, 7) is 7.25. The summed E-state index contributed by atoms with van der Waals surface area (Å²) in [6, 6.07) is 16.2. The number of carbonyl (C=O) groups excluding carboxylic acids is 2. The SMILES string of the molecule is CC(C)c1ccc2c(c1)CN(C(=O)C1CCN(C(=O)c3ccccc3)CC1)CC2. The zero-order chi connectivity index (χ0) is 20.4. The molecule has 0 bridgehead atoms. The van der Waals surface area contributed by atoms with Gasteiger partial charge in [0.25, 0.3) is 5.91 Å². The Kier molecular flexibility index (Phi) is 5.70. The molecular formula is C25H30N2O2. The van der Waals surface area contributed by atoms with Crippen molar-refractivity contribution < 1.29 is 9.59 Å². The van der Waals surface area contributed by atoms with E-state index in [1.54, 1.807) is 0 Å². The molecule has 0 N–H and O–H groups in total. The van der Waals surface area contributed by atoms with Gasteiger partial charge in [-0.3, -0.25) is 9.59 Å². The Labute approximate surface area is 173 Å². The molecule has 4 rings (SSSR count). The fraction of sp³-hybridized carbons (Fsp3) is 0.440. The van der Waals surface area contributed by atoms with E-state index >= 15 is 0 Å². The quantitative estimate of drug-likeness (QED) is 0.786. The zero-order valence-electron chi connectivity index (χ0n) is 17.4. The lowest BCUT2D eigenvalue weighted by Gasteiger charge is -2.36. The van der Waals surface area contributed by atoms with Gasteiger partial charge in [-0.2, -0.15) is 0 Å². The highest BCUT2D eigenvalue weighted by Gasteiger charge is 2.32. The third kappa shape index (κ3) is 4.21. The first-order valence-electron chi connectivity index (χ1n) is 10.8. The van der Waals surface area contributed by atoms with E-state index in [-0.39, 0.29) is 17.7 Å². The summed E-state index contributed by atoms with van der Waals surface area (Å²) in [5.41, 5.74) is 4.74. The zero-order valence-corrected chi connectivity index (χ0v) is 17.4. The van der Waals surface area contributed by atoms with E-state index < -0.39 is 0 Å². The van der Waals surface area contributed by atoms with E-state index in [4.69, 9.17) is 0 Å². The Hall–Kier alpha value is -2.62. The molecule has 2 aliphatic rings. The van der Waals surface area contributed by atoms with Crippen LogP contribution in [0.4, 0.5) is 0 Å². The average Bonchev–Trinajstić information content (AvgIpc) is 2.78. The molecule has 2 amide bonds. The van der Waals surface area contributed by atoms with Gasteiger partial charge in [0.05, 0.1) is 0 Å². The third-order valence-electron chi connectivity index (χ3n) is 6.37. The van der Waals surface area contributed by atoms with Crippen LogP contribution < -0.4 is 0 Å². The van der Waals surface area contributed by atoms with Crippen molar-refractivity contribution >= 4 is 11.8 Å². The molecule has 0 atom stereocenters. The number of rotatable bonds is 3. The number of carbonyl (C=O) groups is 2. The lowest BCUT2D eigenvalue weighted by molar-refractivity contribution is -0.137. The molecular weight excluding hydrogens is 360 g/mol. The lowest BCUT2D eigenvalue weighted by Crippen LogP contribution is -2.45. The predicted octanol–water partition coefficient (Wildman–Crippen LogP) is 4.25. The molecule has 0 saturated carbocycles. The fourth-order valence-electron chi connectivity index (χ4n) is 4.48. The Balaban J connectivity index is 1.36. The summed E-state index contributed by atoms with van der Waals surface area (Å²) in [5.74, 6) is 0.865. The second-order valence-electron chi connectivity index (χ2n) is 8.63. The molecule has 4 heteroatoms. The molecule has 29 heavy (non-hydrogen) atoms. The van der Waals surface area contributed by atoms with Crippen LogP contribution in [0.25, 0.3) is 0 Å². The first-order valence-corrected chi connectivity index (χ1v) is 10.8. The summed E-state index contributed by atoms with van der Waals surface area (Å²) in [6.07, 6.45) is 2.45. The monoisotopic (exact) mass is 390 g/mol. The number of nitrogens with zero attached hydrogens (tertiary/aromatic N) is 2. The fourth-order valence-corrected chi connectivity index (χ4v) is 4.48. The summed E-state index contributed by atoms with van der Waals surface area (Å²) in [5, 5.41) is 0. The molecule has 2 aromatic carbocycles. The first-order chi connectivity index (χ1) is 14.0. The van der Waals surface area contributed by atoms with Crippen LogP contribution in [0.2, 0.25) is 0 Å². The second-order valence-corrected chi connectivity index (χ2v) is 8.63. The van der Waals surface area contributed by atoms with E-state index in [1.165, 1.54) is 16.7 Å². The van der Waals surface area contributed by atoms with Crippen LogP contribution in [-0.2, 0) is 17.8 Å². The van der Waals surface area contributed by atoms with Gasteiger partial charge in [-0.05, 0) is 54.0 Å². The topological polar surface area (TPSA) is 40.6 Å². The van der Waals surface area contributed by atoms with Crippen molar-refractivity contribution in [1.29, 1.82) is 0 Å². The first kappa shape index (κ1) is 19.7. The van der Waals surface area contributed by atoms with Gasteiger partial charge in [0.2, 0.25) is 5.91 Å². The molecule has 0 spiro atoms. The van der Waals surface area contributed by atoms with E-state index in [0.29, 0.717) is 19.0 Å². The van der Waals surface area contributed by atoms with Gasteiger partial charge in [0.1, 0.15) is 0 Å². The number of hydrogen-bond donors (Lipinski definition) is 0. The van der Waals surface area contributed by atoms with Crippen LogP contribution >= 0.6 is 0 Å². The molecule has 2 aliphatic heterocycles. The van der Waals surface area contributed by atoms with Crippen molar-refractivity contribution in [3.05, 3.63) is 70.8 Å². The van der Waals surface area contributed by atoms with Crippen LogP contribution in [-0.4, -0.2) is 41.2 Å². The smallest absolute Gasteiger partial charge is 0.253 e. The van der Waals surface area contributed by atoms with Gasteiger partial charge < -0.3 is 9.80 Å². The van der Waals surface area contributed by atoms with E-state index in [1.807, 2.05) is 40.1 Å². The molecule has 0 aromatic heterocycles. The normalized spacial score (nSPS) is 17.3. The predicted molar refractivity (Wildman–Crippen MR) is 115 cm³/mol. The molecule has 4 nitrogen and oxygen atoms in total. The summed E-state index contributed by atoms with van der Waals surface area (Å²) >= 11 is 0. The van der Waals surface area contributed by atoms with Crippen molar-refractivity contribution in [2.45, 2.75) is 45.6 Å². The molecule has 0 aliphatic carbocycles. The van der Waals surface area contributed by atoms with Gasteiger partial charge in [-0.15, -0.1) is 0 Å². The number of benzene rings is 2. The summed E-state index contributed by atoms with van der Waals surface area (Å²) in [4.78, 5) is 29.7. The average molecular weight is 391 g/mol. The van der Waals surface area contributed by atoms with E-state index in [9.17, 15) is 9.59 Å². The minimum Gasteiger partial charge on any atom is -0.339 e. The van der Waals surface area contributed by atoms with Crippen LogP contribution in [0.5, 0.6) is 0 Å². The number of likely N-dealkylation sites (tertiary alicyclic amines) is 1. The molecule has 1 fully saturated rings. The number of amides is 2. The van der Waals surface area contributed by atoms with Crippen molar-refractivity contribution in [3.63, 3.8) is 0 Å². The van der Waals surface area contributed by atoms with E-state index in [0.717, 1.165) is 37.9 Å². The Morgan fingerprint density at radius 2 is 1.62 bits per heavy atom. The Bertz CT molecular complexity index is 883. The van der Waals surface area contributed by atoms with Crippen molar-refractivity contribution in [2.24, 2.45) is 5.92 Å². The Morgan fingerprint density at radius 3 is 2.31 bits per heavy atom. The molecule has 2 aromatic rings. The largest absolute Gasteiger partial charge is 0.339 e. The maximum Gasteiger partial charge on any atom is 0.253 e.